The van der Waals surface area contributed by atoms with E-state index in [9.17, 15) is 4.79 Å². The maximum atomic E-state index is 11.0. The lowest BCUT2D eigenvalue weighted by Gasteiger charge is -2.22. The second-order valence-electron chi connectivity index (χ2n) is 7.23. The number of rotatable bonds is 10. The van der Waals surface area contributed by atoms with E-state index >= 15 is 0 Å². The number of carboxylic acid groups (broad SMARTS) is 1. The van der Waals surface area contributed by atoms with Crippen molar-refractivity contribution in [2.45, 2.75) is 33.1 Å². The maximum Gasteiger partial charge on any atom is 0.303 e. The Balaban J connectivity index is 1.86. The smallest absolute Gasteiger partial charge is 0.303 e. The molecule has 5 nitrogen and oxygen atoms in total. The fraction of sp³-hybridized carbons (Fsp3) is 0.364. The standard InChI is InChI=1S/C22H26N2O3/c1-4-18-14-17(15-22(2,3)16-21(25)26)9-10-19(18)27-13-7-12-24-20-8-5-6-11-23-20/h1,5-6,8-11,14H,7,12-13,15-16H2,2-3H3,(H,23,24)(H,25,26). The molecule has 2 rings (SSSR count). The molecule has 0 spiro atoms. The normalized spacial score (nSPS) is 10.9. The Labute approximate surface area is 160 Å². The molecule has 0 bridgehead atoms. The van der Waals surface area contributed by atoms with Crippen LogP contribution in [0, 0.1) is 17.8 Å². The third-order valence-corrected chi connectivity index (χ3v) is 4.06. The summed E-state index contributed by atoms with van der Waals surface area (Å²) in [5.74, 6) is 3.39. The van der Waals surface area contributed by atoms with Crippen molar-refractivity contribution in [1.82, 2.24) is 4.98 Å². The van der Waals surface area contributed by atoms with Gasteiger partial charge in [-0.25, -0.2) is 4.98 Å². The van der Waals surface area contributed by atoms with E-state index in [-0.39, 0.29) is 11.8 Å². The first-order chi connectivity index (χ1) is 12.9. The fourth-order valence-electron chi connectivity index (χ4n) is 2.89. The van der Waals surface area contributed by atoms with Crippen LogP contribution in [0.2, 0.25) is 0 Å². The van der Waals surface area contributed by atoms with E-state index in [4.69, 9.17) is 16.3 Å². The molecule has 0 saturated carbocycles. The number of benzene rings is 1. The van der Waals surface area contributed by atoms with Gasteiger partial charge in [-0.15, -0.1) is 6.42 Å². The van der Waals surface area contributed by atoms with Gasteiger partial charge in [0.1, 0.15) is 11.6 Å². The van der Waals surface area contributed by atoms with Crippen LogP contribution in [0.1, 0.15) is 37.8 Å². The van der Waals surface area contributed by atoms with Crippen molar-refractivity contribution in [1.29, 1.82) is 0 Å². The highest BCUT2D eigenvalue weighted by Gasteiger charge is 2.22. The summed E-state index contributed by atoms with van der Waals surface area (Å²) in [6.07, 6.45) is 8.94. The Morgan fingerprint density at radius 1 is 1.33 bits per heavy atom. The minimum Gasteiger partial charge on any atom is -0.492 e. The van der Waals surface area contributed by atoms with Crippen molar-refractivity contribution in [3.63, 3.8) is 0 Å². The predicted molar refractivity (Wildman–Crippen MR) is 107 cm³/mol. The van der Waals surface area contributed by atoms with Crippen molar-refractivity contribution >= 4 is 11.8 Å². The third-order valence-electron chi connectivity index (χ3n) is 4.06. The number of anilines is 1. The van der Waals surface area contributed by atoms with Crippen molar-refractivity contribution < 1.29 is 14.6 Å². The summed E-state index contributed by atoms with van der Waals surface area (Å²) in [5.41, 5.74) is 1.37. The molecule has 0 radical (unpaired) electrons. The molecule has 2 aromatic rings. The van der Waals surface area contributed by atoms with Crippen LogP contribution < -0.4 is 10.1 Å². The van der Waals surface area contributed by atoms with Gasteiger partial charge in [0.15, 0.2) is 0 Å². The van der Waals surface area contributed by atoms with Gasteiger partial charge in [-0.3, -0.25) is 4.79 Å². The van der Waals surface area contributed by atoms with E-state index in [1.807, 2.05) is 50.2 Å². The molecule has 0 saturated heterocycles. The molecule has 1 aromatic carbocycles. The van der Waals surface area contributed by atoms with Crippen LogP contribution in [0.15, 0.2) is 42.6 Å². The van der Waals surface area contributed by atoms with E-state index in [1.165, 1.54) is 0 Å². The molecule has 142 valence electrons. The number of carboxylic acids is 1. The number of nitrogens with zero attached hydrogens (tertiary/aromatic N) is 1. The summed E-state index contributed by atoms with van der Waals surface area (Å²) in [7, 11) is 0. The van der Waals surface area contributed by atoms with Gasteiger partial charge in [0.2, 0.25) is 0 Å². The summed E-state index contributed by atoms with van der Waals surface area (Å²) < 4.78 is 5.82. The number of hydrogen-bond acceptors (Lipinski definition) is 4. The van der Waals surface area contributed by atoms with Crippen LogP contribution in [0.3, 0.4) is 0 Å². The Bertz CT molecular complexity index is 795. The van der Waals surface area contributed by atoms with Gasteiger partial charge in [-0.05, 0) is 48.1 Å². The van der Waals surface area contributed by atoms with Crippen molar-refractivity contribution in [2.24, 2.45) is 5.41 Å². The van der Waals surface area contributed by atoms with Gasteiger partial charge >= 0.3 is 5.97 Å². The van der Waals surface area contributed by atoms with E-state index in [1.54, 1.807) is 6.20 Å². The molecular weight excluding hydrogens is 340 g/mol. The second kappa shape index (κ2) is 9.63. The highest BCUT2D eigenvalue weighted by Crippen LogP contribution is 2.28. The number of nitrogens with one attached hydrogen (secondary N) is 1. The fourth-order valence-corrected chi connectivity index (χ4v) is 2.89. The Morgan fingerprint density at radius 3 is 2.81 bits per heavy atom. The number of hydrogen-bond donors (Lipinski definition) is 2. The van der Waals surface area contributed by atoms with Gasteiger partial charge in [0, 0.05) is 12.7 Å². The van der Waals surface area contributed by atoms with Crippen LogP contribution in [-0.4, -0.2) is 29.2 Å². The molecule has 2 N–H and O–H groups in total. The molecule has 0 aliphatic rings. The maximum absolute atomic E-state index is 11.0. The molecule has 0 amide bonds. The number of pyridine rings is 1. The zero-order valence-corrected chi connectivity index (χ0v) is 15.9. The monoisotopic (exact) mass is 366 g/mol. The zero-order valence-electron chi connectivity index (χ0n) is 15.9. The quantitative estimate of drug-likeness (QED) is 0.491. The van der Waals surface area contributed by atoms with Gasteiger partial charge in [-0.1, -0.05) is 31.9 Å². The highest BCUT2D eigenvalue weighted by atomic mass is 16.5. The average molecular weight is 366 g/mol. The van der Waals surface area contributed by atoms with Crippen molar-refractivity contribution in [2.75, 3.05) is 18.5 Å². The highest BCUT2D eigenvalue weighted by molar-refractivity contribution is 5.67. The molecule has 1 aromatic heterocycles. The predicted octanol–water partition coefficient (Wildman–Crippen LogP) is 3.99. The van der Waals surface area contributed by atoms with E-state index in [0.29, 0.717) is 24.3 Å². The van der Waals surface area contributed by atoms with E-state index in [2.05, 4.69) is 16.2 Å². The summed E-state index contributed by atoms with van der Waals surface area (Å²) >= 11 is 0. The van der Waals surface area contributed by atoms with Gasteiger partial charge < -0.3 is 15.2 Å². The number of ether oxygens (including phenoxy) is 1. The van der Waals surface area contributed by atoms with Gasteiger partial charge in [0.25, 0.3) is 0 Å². The van der Waals surface area contributed by atoms with E-state index in [0.717, 1.165) is 24.3 Å². The lowest BCUT2D eigenvalue weighted by molar-refractivity contribution is -0.139. The first-order valence-electron chi connectivity index (χ1n) is 8.99. The van der Waals surface area contributed by atoms with Gasteiger partial charge in [-0.2, -0.15) is 0 Å². The molecular formula is C22H26N2O3. The molecule has 1 heterocycles. The number of aliphatic carboxylic acids is 1. The zero-order chi connectivity index (χ0) is 19.7. The molecule has 5 heteroatoms. The molecule has 0 fully saturated rings. The first-order valence-corrected chi connectivity index (χ1v) is 8.99. The Kier molecular flexibility index (Phi) is 7.25. The molecule has 0 aliphatic heterocycles. The topological polar surface area (TPSA) is 71.5 Å². The first kappa shape index (κ1) is 20.3. The molecule has 0 aliphatic carbocycles. The summed E-state index contributed by atoms with van der Waals surface area (Å²) in [4.78, 5) is 15.2. The third kappa shape index (κ3) is 7.02. The average Bonchev–Trinajstić information content (AvgIpc) is 2.61. The number of terminal acetylenes is 1. The minimum atomic E-state index is -0.795. The molecule has 27 heavy (non-hydrogen) atoms. The Hall–Kier alpha value is -3.00. The van der Waals surface area contributed by atoms with Gasteiger partial charge in [0.05, 0.1) is 18.6 Å². The summed E-state index contributed by atoms with van der Waals surface area (Å²) in [5, 5.41) is 12.3. The van der Waals surface area contributed by atoms with Crippen LogP contribution in [0.25, 0.3) is 0 Å². The largest absolute Gasteiger partial charge is 0.492 e. The van der Waals surface area contributed by atoms with Crippen molar-refractivity contribution in [3.8, 4) is 18.1 Å². The molecule has 0 unspecified atom stereocenters. The summed E-state index contributed by atoms with van der Waals surface area (Å²) in [6.45, 7) is 5.17. The SMILES string of the molecule is C#Cc1cc(CC(C)(C)CC(=O)O)ccc1OCCCNc1ccccn1. The van der Waals surface area contributed by atoms with Crippen LogP contribution in [0.4, 0.5) is 5.82 Å². The van der Waals surface area contributed by atoms with Crippen LogP contribution in [0.5, 0.6) is 5.75 Å². The second-order valence-corrected chi connectivity index (χ2v) is 7.23. The lowest BCUT2D eigenvalue weighted by atomic mass is 9.82. The number of aromatic nitrogens is 1. The minimum absolute atomic E-state index is 0.111. The Morgan fingerprint density at radius 2 is 2.15 bits per heavy atom. The van der Waals surface area contributed by atoms with E-state index < -0.39 is 5.97 Å². The van der Waals surface area contributed by atoms with Crippen molar-refractivity contribution in [3.05, 3.63) is 53.7 Å². The molecule has 0 atom stereocenters. The lowest BCUT2D eigenvalue weighted by Crippen LogP contribution is -2.19. The van der Waals surface area contributed by atoms with Crippen LogP contribution >= 0.6 is 0 Å². The van der Waals surface area contributed by atoms with Crippen LogP contribution in [-0.2, 0) is 11.2 Å². The summed E-state index contributed by atoms with van der Waals surface area (Å²) in [6, 6.07) is 11.5. The number of carbonyl (C=O) groups is 1.